The number of hydrogen-bond acceptors (Lipinski definition) is 12. The normalized spacial score (nSPS) is 19.9. The van der Waals surface area contributed by atoms with E-state index in [0.717, 1.165) is 63.2 Å². The molecule has 10 rings (SSSR count). The van der Waals surface area contributed by atoms with Crippen LogP contribution in [0, 0.1) is 23.5 Å². The van der Waals surface area contributed by atoms with Crippen LogP contribution < -0.4 is 20.7 Å². The Morgan fingerprint density at radius 3 is 1.92 bits per heavy atom. The molecule has 380 valence electrons. The Balaban J connectivity index is 0.934. The summed E-state index contributed by atoms with van der Waals surface area (Å²) in [4.78, 5) is 70.8. The molecule has 3 N–H and O–H groups in total. The van der Waals surface area contributed by atoms with Gasteiger partial charge < -0.3 is 40.0 Å². The van der Waals surface area contributed by atoms with Gasteiger partial charge in [0.2, 0.25) is 18.0 Å². The lowest BCUT2D eigenvalue weighted by molar-refractivity contribution is -0.134. The Hall–Kier alpha value is -7.41. The van der Waals surface area contributed by atoms with E-state index in [1.807, 2.05) is 67.6 Å². The van der Waals surface area contributed by atoms with Crippen LogP contribution in [0.1, 0.15) is 88.5 Å². The molecule has 2 aromatic heterocycles. The highest BCUT2D eigenvalue weighted by Gasteiger charge is 2.41. The number of allylic oxidation sites excluding steroid dienone is 2. The van der Waals surface area contributed by atoms with Crippen molar-refractivity contribution in [1.29, 1.82) is 0 Å². The van der Waals surface area contributed by atoms with Gasteiger partial charge in [-0.25, -0.2) is 23.4 Å². The van der Waals surface area contributed by atoms with Crippen molar-refractivity contribution in [3.8, 4) is 17.0 Å². The molecule has 0 aliphatic carbocycles. The van der Waals surface area contributed by atoms with Gasteiger partial charge in [-0.3, -0.25) is 24.1 Å². The van der Waals surface area contributed by atoms with E-state index >= 15 is 4.39 Å². The standard InChI is InChI=1S/C54H57F2N9O7S/c1-28(2)47(61-53(68)70-5)49(66)63-17-7-9-41(63)38-21-33(25-57-38)30-11-16-40-32(19-30)23-43-46-37(56)20-31(24-44(46)72-51(65(40)43)45-27-59-52(73-45)60-36-14-12-35(55)13-15-36)34-22-39(58-26-34)42-10-8-18-64(42)50(67)48(29(3)4)62-54(69)71-6/h11-16,19-20,23-29,41-42,47-48,51H,7-10,17-18,21-22H2,1-6H3,(H,59,60)(H,61,68)(H,62,69)/t41-,42-,47-,48-,51?/m0/s1. The summed E-state index contributed by atoms with van der Waals surface area (Å²) in [6, 6.07) is 15.4. The number of benzene rings is 3. The van der Waals surface area contributed by atoms with Crippen molar-refractivity contribution in [2.45, 2.75) is 96.6 Å². The summed E-state index contributed by atoms with van der Waals surface area (Å²) in [7, 11) is 2.54. The van der Waals surface area contributed by atoms with Gasteiger partial charge in [0.05, 0.1) is 48.0 Å². The molecule has 0 bridgehead atoms. The fraction of sp³-hybridized carbons (Fsp3) is 0.389. The SMILES string of the molecule is COC(=O)N[C@H](C(=O)N1CCC[C@H]1C1=NC=C(c2cc(F)c3c(c2)OC(c2cnc(Nc4ccc(F)cc4)s2)n2c-3cc3cc(C4=CN=C([C@@H]5CCCN5C(=O)[C@@H](NC(=O)OC)C(C)C)C4)ccc32)C1)C(C)C. The second-order valence-electron chi connectivity index (χ2n) is 19.7. The van der Waals surface area contributed by atoms with Crippen LogP contribution in [0.2, 0.25) is 0 Å². The zero-order valence-corrected chi connectivity index (χ0v) is 42.2. The zero-order valence-electron chi connectivity index (χ0n) is 41.4. The minimum Gasteiger partial charge on any atom is -0.464 e. The second kappa shape index (κ2) is 20.2. The molecule has 0 spiro atoms. The molecule has 0 saturated carbocycles. The van der Waals surface area contributed by atoms with E-state index in [-0.39, 0.29) is 41.6 Å². The first-order valence-corrected chi connectivity index (χ1v) is 25.5. The fourth-order valence-corrected chi connectivity index (χ4v) is 11.5. The van der Waals surface area contributed by atoms with Crippen LogP contribution in [0.25, 0.3) is 33.3 Å². The Labute approximate surface area is 425 Å². The van der Waals surface area contributed by atoms with Crippen molar-refractivity contribution in [1.82, 2.24) is 30.0 Å². The highest BCUT2D eigenvalue weighted by molar-refractivity contribution is 7.15. The quantitative estimate of drug-likeness (QED) is 0.103. The Morgan fingerprint density at radius 2 is 1.34 bits per heavy atom. The van der Waals surface area contributed by atoms with E-state index in [1.165, 1.54) is 43.8 Å². The number of hydrogen-bond donors (Lipinski definition) is 3. The van der Waals surface area contributed by atoms with Crippen LogP contribution in [0.5, 0.6) is 5.75 Å². The molecular weight excluding hydrogens is 957 g/mol. The molecule has 0 radical (unpaired) electrons. The number of ether oxygens (including phenoxy) is 3. The number of alkyl carbamates (subject to hydrolysis) is 2. The van der Waals surface area contributed by atoms with E-state index in [4.69, 9.17) is 24.2 Å². The lowest BCUT2D eigenvalue weighted by Crippen LogP contribution is -2.53. The topological polar surface area (TPSA) is 181 Å². The molecular formula is C54H57F2N9O7S. The van der Waals surface area contributed by atoms with Crippen LogP contribution in [0.15, 0.2) is 89.2 Å². The summed E-state index contributed by atoms with van der Waals surface area (Å²) < 4.78 is 49.3. The number of methoxy groups -OCH3 is 2. The maximum absolute atomic E-state index is 17.1. The number of thiazole rings is 1. The molecule has 5 atom stereocenters. The number of nitrogens with zero attached hydrogens (tertiary/aromatic N) is 6. The van der Waals surface area contributed by atoms with Gasteiger partial charge in [-0.15, -0.1) is 0 Å². The molecule has 73 heavy (non-hydrogen) atoms. The number of aliphatic imine (C=N–C) groups is 2. The molecule has 19 heteroatoms. The summed E-state index contributed by atoms with van der Waals surface area (Å²) in [5.41, 5.74) is 7.32. The molecule has 1 unspecified atom stereocenters. The monoisotopic (exact) mass is 1010 g/mol. The minimum absolute atomic E-state index is 0.153. The van der Waals surface area contributed by atoms with E-state index in [1.54, 1.807) is 29.4 Å². The Morgan fingerprint density at radius 1 is 0.753 bits per heavy atom. The van der Waals surface area contributed by atoms with Crippen molar-refractivity contribution in [2.75, 3.05) is 32.6 Å². The highest BCUT2D eigenvalue weighted by atomic mass is 32.1. The average molecular weight is 1010 g/mol. The Bertz CT molecular complexity index is 3140. The number of carbonyl (C=O) groups is 4. The predicted molar refractivity (Wildman–Crippen MR) is 276 cm³/mol. The molecule has 7 heterocycles. The molecule has 5 aliphatic rings. The first-order chi connectivity index (χ1) is 35.2. The van der Waals surface area contributed by atoms with Gasteiger partial charge in [0.25, 0.3) is 0 Å². The Kier molecular flexibility index (Phi) is 13.6. The number of halogens is 2. The summed E-state index contributed by atoms with van der Waals surface area (Å²) in [6.45, 7) is 8.61. The lowest BCUT2D eigenvalue weighted by atomic mass is 9.95. The number of fused-ring (bicyclic) bond motifs is 5. The maximum Gasteiger partial charge on any atom is 0.407 e. The van der Waals surface area contributed by atoms with Crippen LogP contribution >= 0.6 is 11.3 Å². The van der Waals surface area contributed by atoms with E-state index in [9.17, 15) is 23.6 Å². The third-order valence-corrected chi connectivity index (χ3v) is 15.3. The molecule has 16 nitrogen and oxygen atoms in total. The van der Waals surface area contributed by atoms with E-state index < -0.39 is 36.3 Å². The average Bonchev–Trinajstić information content (AvgIpc) is 4.25. The van der Waals surface area contributed by atoms with Crippen molar-refractivity contribution >= 4 is 79.6 Å². The first kappa shape index (κ1) is 49.2. The fourth-order valence-electron chi connectivity index (χ4n) is 10.6. The van der Waals surface area contributed by atoms with Crippen LogP contribution in [0.3, 0.4) is 0 Å². The molecule has 4 amide bonds. The molecule has 3 aromatic carbocycles. The number of likely N-dealkylation sites (tertiary alicyclic amines) is 2. The van der Waals surface area contributed by atoms with Gasteiger partial charge in [0.15, 0.2) is 5.13 Å². The molecule has 5 aromatic rings. The summed E-state index contributed by atoms with van der Waals surface area (Å²) in [6.07, 6.45) is 7.21. The number of anilines is 2. The second-order valence-corrected chi connectivity index (χ2v) is 20.7. The first-order valence-electron chi connectivity index (χ1n) is 24.6. The van der Waals surface area contributed by atoms with Gasteiger partial charge in [-0.2, -0.15) is 0 Å². The lowest BCUT2D eigenvalue weighted by Gasteiger charge is -2.31. The van der Waals surface area contributed by atoms with Crippen molar-refractivity contribution in [3.05, 3.63) is 107 Å². The third-order valence-electron chi connectivity index (χ3n) is 14.4. The number of carbonyl (C=O) groups excluding carboxylic acids is 4. The largest absolute Gasteiger partial charge is 0.464 e. The molecule has 2 saturated heterocycles. The highest BCUT2D eigenvalue weighted by Crippen LogP contribution is 2.49. The molecule has 5 aliphatic heterocycles. The summed E-state index contributed by atoms with van der Waals surface area (Å²) in [5.74, 6) is -1.19. The number of amides is 4. The maximum atomic E-state index is 17.1. The minimum atomic E-state index is -0.769. The van der Waals surface area contributed by atoms with E-state index in [0.29, 0.717) is 65.7 Å². The summed E-state index contributed by atoms with van der Waals surface area (Å²) in [5, 5.41) is 10.1. The number of rotatable bonds is 13. The van der Waals surface area contributed by atoms with Gasteiger partial charge in [0.1, 0.15) is 29.5 Å². The smallest absolute Gasteiger partial charge is 0.407 e. The summed E-state index contributed by atoms with van der Waals surface area (Å²) >= 11 is 1.37. The van der Waals surface area contributed by atoms with Crippen LogP contribution in [0.4, 0.5) is 29.2 Å². The van der Waals surface area contributed by atoms with Gasteiger partial charge in [-0.1, -0.05) is 45.1 Å². The van der Waals surface area contributed by atoms with Crippen molar-refractivity contribution in [2.24, 2.45) is 21.8 Å². The van der Waals surface area contributed by atoms with Gasteiger partial charge >= 0.3 is 12.2 Å². The molecule has 2 fully saturated rings. The van der Waals surface area contributed by atoms with Crippen LogP contribution in [-0.4, -0.2) is 106 Å². The predicted octanol–water partition coefficient (Wildman–Crippen LogP) is 9.84. The number of aromatic nitrogens is 2. The van der Waals surface area contributed by atoms with Crippen molar-refractivity contribution in [3.63, 3.8) is 0 Å². The van der Waals surface area contributed by atoms with Gasteiger partial charge in [0, 0.05) is 67.0 Å². The van der Waals surface area contributed by atoms with Gasteiger partial charge in [-0.05, 0) is 114 Å². The van der Waals surface area contributed by atoms with Crippen LogP contribution in [-0.2, 0) is 19.1 Å². The van der Waals surface area contributed by atoms with E-state index in [2.05, 4.69) is 27.0 Å². The number of nitrogens with one attached hydrogen (secondary N) is 3. The zero-order chi connectivity index (χ0) is 51.2. The third kappa shape index (κ3) is 9.57. The van der Waals surface area contributed by atoms with Crippen molar-refractivity contribution < 1.29 is 42.2 Å².